The largest absolute Gasteiger partial charge is 0.490 e. The molecular formula is C26H27NO3. The number of fused-ring (bicyclic) bond motifs is 1. The zero-order valence-electron chi connectivity index (χ0n) is 17.3. The van der Waals surface area contributed by atoms with Crippen LogP contribution in [0.4, 0.5) is 0 Å². The molecular weight excluding hydrogens is 374 g/mol. The lowest BCUT2D eigenvalue weighted by Gasteiger charge is -2.21. The van der Waals surface area contributed by atoms with Gasteiger partial charge in [0.1, 0.15) is 0 Å². The summed E-state index contributed by atoms with van der Waals surface area (Å²) in [6.45, 7) is 3.26. The number of hydrogen-bond acceptors (Lipinski definition) is 3. The SMILES string of the molecule is Cc1ccccc1C(=O)NC(CCc1ccccc1)c1ccc2c(c1)OCCCO2. The van der Waals surface area contributed by atoms with Gasteiger partial charge in [0, 0.05) is 12.0 Å². The molecule has 30 heavy (non-hydrogen) atoms. The van der Waals surface area contributed by atoms with E-state index < -0.39 is 0 Å². The quantitative estimate of drug-likeness (QED) is 0.613. The molecule has 0 spiro atoms. The maximum absolute atomic E-state index is 13.0. The normalized spacial score (nSPS) is 13.9. The van der Waals surface area contributed by atoms with Gasteiger partial charge < -0.3 is 14.8 Å². The number of amides is 1. The van der Waals surface area contributed by atoms with E-state index in [0.29, 0.717) is 18.8 Å². The topological polar surface area (TPSA) is 47.6 Å². The molecule has 4 nitrogen and oxygen atoms in total. The van der Waals surface area contributed by atoms with Gasteiger partial charge in [-0.2, -0.15) is 0 Å². The summed E-state index contributed by atoms with van der Waals surface area (Å²) in [7, 11) is 0. The van der Waals surface area contributed by atoms with Gasteiger partial charge >= 0.3 is 0 Å². The van der Waals surface area contributed by atoms with Crippen LogP contribution in [0, 0.1) is 6.92 Å². The summed E-state index contributed by atoms with van der Waals surface area (Å²) in [6.07, 6.45) is 2.53. The predicted molar refractivity (Wildman–Crippen MR) is 118 cm³/mol. The number of benzene rings is 3. The van der Waals surface area contributed by atoms with Gasteiger partial charge in [-0.15, -0.1) is 0 Å². The first kappa shape index (κ1) is 20.0. The minimum Gasteiger partial charge on any atom is -0.490 e. The lowest BCUT2D eigenvalue weighted by Crippen LogP contribution is -2.29. The van der Waals surface area contributed by atoms with E-state index in [-0.39, 0.29) is 11.9 Å². The van der Waals surface area contributed by atoms with Gasteiger partial charge in [-0.25, -0.2) is 0 Å². The number of rotatable bonds is 6. The molecule has 0 aromatic heterocycles. The molecule has 1 N–H and O–H groups in total. The molecule has 3 aromatic rings. The van der Waals surface area contributed by atoms with Crippen LogP contribution in [-0.2, 0) is 6.42 Å². The smallest absolute Gasteiger partial charge is 0.252 e. The number of hydrogen-bond donors (Lipinski definition) is 1. The Morgan fingerprint density at radius 3 is 2.47 bits per heavy atom. The first-order valence-corrected chi connectivity index (χ1v) is 10.5. The molecule has 1 unspecified atom stereocenters. The first-order chi connectivity index (χ1) is 14.7. The summed E-state index contributed by atoms with van der Waals surface area (Å²) in [5.41, 5.74) is 3.95. The monoisotopic (exact) mass is 401 g/mol. The Balaban J connectivity index is 1.59. The predicted octanol–water partition coefficient (Wildman–Crippen LogP) is 5.26. The van der Waals surface area contributed by atoms with Crippen molar-refractivity contribution in [3.05, 3.63) is 95.1 Å². The van der Waals surface area contributed by atoms with Crippen LogP contribution in [0.2, 0.25) is 0 Å². The van der Waals surface area contributed by atoms with Crippen molar-refractivity contribution in [2.45, 2.75) is 32.2 Å². The van der Waals surface area contributed by atoms with E-state index in [9.17, 15) is 4.79 Å². The second kappa shape index (κ2) is 9.49. The standard InChI is InChI=1S/C26H27NO3/c1-19-8-5-6-11-22(19)26(28)27-23(14-12-20-9-3-2-4-10-20)21-13-15-24-25(18-21)30-17-7-16-29-24/h2-6,8-11,13,15,18,23H,7,12,14,16-17H2,1H3,(H,27,28). The fourth-order valence-electron chi connectivity index (χ4n) is 3.74. The molecule has 154 valence electrons. The van der Waals surface area contributed by atoms with Crippen molar-refractivity contribution >= 4 is 5.91 Å². The lowest BCUT2D eigenvalue weighted by molar-refractivity contribution is 0.0934. The van der Waals surface area contributed by atoms with E-state index in [4.69, 9.17) is 9.47 Å². The summed E-state index contributed by atoms with van der Waals surface area (Å²) < 4.78 is 11.6. The molecule has 3 aromatic carbocycles. The molecule has 0 fully saturated rings. The van der Waals surface area contributed by atoms with Crippen LogP contribution in [0.1, 0.15) is 45.9 Å². The fourth-order valence-corrected chi connectivity index (χ4v) is 3.74. The van der Waals surface area contributed by atoms with E-state index in [0.717, 1.165) is 41.9 Å². The number of carbonyl (C=O) groups is 1. The van der Waals surface area contributed by atoms with Crippen LogP contribution in [0.3, 0.4) is 0 Å². The third-order valence-electron chi connectivity index (χ3n) is 5.43. The van der Waals surface area contributed by atoms with Gasteiger partial charge in [-0.05, 0) is 54.7 Å². The lowest BCUT2D eigenvalue weighted by atomic mass is 9.97. The van der Waals surface area contributed by atoms with E-state index in [1.165, 1.54) is 5.56 Å². The van der Waals surface area contributed by atoms with Crippen molar-refractivity contribution < 1.29 is 14.3 Å². The van der Waals surface area contributed by atoms with Gasteiger partial charge in [0.15, 0.2) is 11.5 Å². The van der Waals surface area contributed by atoms with Gasteiger partial charge in [0.2, 0.25) is 0 Å². The zero-order chi connectivity index (χ0) is 20.8. The average molecular weight is 402 g/mol. The molecule has 4 rings (SSSR count). The summed E-state index contributed by atoms with van der Waals surface area (Å²) in [5, 5.41) is 3.25. The number of aryl methyl sites for hydroxylation is 2. The Morgan fingerprint density at radius 1 is 0.933 bits per heavy atom. The molecule has 0 saturated heterocycles. The van der Waals surface area contributed by atoms with Gasteiger partial charge in [-0.1, -0.05) is 54.6 Å². The maximum atomic E-state index is 13.0. The Bertz CT molecular complexity index is 1000. The van der Waals surface area contributed by atoms with Crippen LogP contribution in [0.25, 0.3) is 0 Å². The third kappa shape index (κ3) is 4.82. The summed E-state index contributed by atoms with van der Waals surface area (Å²) in [4.78, 5) is 13.0. The van der Waals surface area contributed by atoms with Crippen molar-refractivity contribution in [3.8, 4) is 11.5 Å². The van der Waals surface area contributed by atoms with Crippen molar-refractivity contribution in [1.29, 1.82) is 0 Å². The van der Waals surface area contributed by atoms with Crippen molar-refractivity contribution in [3.63, 3.8) is 0 Å². The second-order valence-corrected chi connectivity index (χ2v) is 7.62. The van der Waals surface area contributed by atoms with Crippen LogP contribution in [0.15, 0.2) is 72.8 Å². The summed E-state index contributed by atoms with van der Waals surface area (Å²) >= 11 is 0. The van der Waals surface area contributed by atoms with E-state index in [2.05, 4.69) is 17.4 Å². The molecule has 0 aliphatic carbocycles. The van der Waals surface area contributed by atoms with Gasteiger partial charge in [0.05, 0.1) is 19.3 Å². The number of ether oxygens (including phenoxy) is 2. The van der Waals surface area contributed by atoms with Gasteiger partial charge in [-0.3, -0.25) is 4.79 Å². The molecule has 0 bridgehead atoms. The highest BCUT2D eigenvalue weighted by atomic mass is 16.5. The molecule has 1 aliphatic rings. The molecule has 1 heterocycles. The minimum atomic E-state index is -0.130. The van der Waals surface area contributed by atoms with Crippen molar-refractivity contribution in [2.24, 2.45) is 0 Å². The minimum absolute atomic E-state index is 0.0572. The van der Waals surface area contributed by atoms with Crippen molar-refractivity contribution in [2.75, 3.05) is 13.2 Å². The highest BCUT2D eigenvalue weighted by Gasteiger charge is 2.20. The maximum Gasteiger partial charge on any atom is 0.252 e. The van der Waals surface area contributed by atoms with E-state index >= 15 is 0 Å². The molecule has 1 atom stereocenters. The molecule has 1 aliphatic heterocycles. The van der Waals surface area contributed by atoms with E-state index in [1.54, 1.807) is 0 Å². The highest BCUT2D eigenvalue weighted by molar-refractivity contribution is 5.95. The fraction of sp³-hybridized carbons (Fsp3) is 0.269. The molecule has 0 radical (unpaired) electrons. The summed E-state index contributed by atoms with van der Waals surface area (Å²) in [5.74, 6) is 1.46. The van der Waals surface area contributed by atoms with Crippen LogP contribution < -0.4 is 14.8 Å². The summed E-state index contributed by atoms with van der Waals surface area (Å²) in [6, 6.07) is 23.9. The molecule has 4 heteroatoms. The zero-order valence-corrected chi connectivity index (χ0v) is 17.3. The molecule has 0 saturated carbocycles. The van der Waals surface area contributed by atoms with Crippen molar-refractivity contribution in [1.82, 2.24) is 5.32 Å². The Labute approximate surface area is 177 Å². The van der Waals surface area contributed by atoms with Gasteiger partial charge in [0.25, 0.3) is 5.91 Å². The Hall–Kier alpha value is -3.27. The second-order valence-electron chi connectivity index (χ2n) is 7.62. The van der Waals surface area contributed by atoms with Crippen LogP contribution in [-0.4, -0.2) is 19.1 Å². The van der Waals surface area contributed by atoms with E-state index in [1.807, 2.05) is 67.6 Å². The van der Waals surface area contributed by atoms with Crippen LogP contribution in [0.5, 0.6) is 11.5 Å². The Kier molecular flexibility index (Phi) is 6.33. The number of nitrogens with one attached hydrogen (secondary N) is 1. The third-order valence-corrected chi connectivity index (χ3v) is 5.43. The van der Waals surface area contributed by atoms with Crippen LogP contribution >= 0.6 is 0 Å². The first-order valence-electron chi connectivity index (χ1n) is 10.5. The Morgan fingerprint density at radius 2 is 1.67 bits per heavy atom. The molecule has 1 amide bonds. The highest BCUT2D eigenvalue weighted by Crippen LogP contribution is 2.33. The average Bonchev–Trinajstić information content (AvgIpc) is 3.02. The number of carbonyl (C=O) groups excluding carboxylic acids is 1.